The van der Waals surface area contributed by atoms with Crippen LogP contribution in [0.15, 0.2) is 66.3 Å². The van der Waals surface area contributed by atoms with Gasteiger partial charge in [0, 0.05) is 43.2 Å². The lowest BCUT2D eigenvalue weighted by Crippen LogP contribution is -2.48. The van der Waals surface area contributed by atoms with Crippen LogP contribution in [0.1, 0.15) is 11.1 Å². The van der Waals surface area contributed by atoms with Crippen molar-refractivity contribution < 1.29 is 12.8 Å². The van der Waals surface area contributed by atoms with E-state index < -0.39 is 10.0 Å². The average Bonchev–Trinajstić information content (AvgIpc) is 2.79. The summed E-state index contributed by atoms with van der Waals surface area (Å²) in [4.78, 5) is 10.6. The van der Waals surface area contributed by atoms with Gasteiger partial charge in [0.05, 0.1) is 5.69 Å². The van der Waals surface area contributed by atoms with E-state index in [1.807, 2.05) is 42.2 Å². The number of aryl methyl sites for hydroxylation is 1. The van der Waals surface area contributed by atoms with Gasteiger partial charge in [0.1, 0.15) is 18.0 Å². The summed E-state index contributed by atoms with van der Waals surface area (Å²) in [6, 6.07) is 15.7. The molecule has 2 heterocycles. The molecule has 1 aliphatic rings. The van der Waals surface area contributed by atoms with Crippen LogP contribution in [-0.4, -0.2) is 48.9 Å². The average molecular weight is 439 g/mol. The van der Waals surface area contributed by atoms with E-state index in [0.717, 1.165) is 22.5 Å². The molecule has 4 rings (SSSR count). The molecule has 0 spiro atoms. The molecule has 0 N–H and O–H groups in total. The molecule has 0 aliphatic carbocycles. The first-order chi connectivity index (χ1) is 14.9. The van der Waals surface area contributed by atoms with Crippen LogP contribution in [0.3, 0.4) is 0 Å². The molecule has 6 nitrogen and oxygen atoms in total. The summed E-state index contributed by atoms with van der Waals surface area (Å²) in [5.41, 5.74) is 3.47. The molecule has 31 heavy (non-hydrogen) atoms. The molecule has 0 bridgehead atoms. The fraction of sp³-hybridized carbons (Fsp3) is 0.217. The summed E-state index contributed by atoms with van der Waals surface area (Å²) >= 11 is 0. The zero-order valence-corrected chi connectivity index (χ0v) is 18.0. The number of rotatable bonds is 5. The van der Waals surface area contributed by atoms with E-state index in [4.69, 9.17) is 0 Å². The Balaban J connectivity index is 1.42. The van der Waals surface area contributed by atoms with Gasteiger partial charge in [0.2, 0.25) is 10.0 Å². The first kappa shape index (κ1) is 21.1. The summed E-state index contributed by atoms with van der Waals surface area (Å²) in [5.74, 6) is 0.424. The second kappa shape index (κ2) is 8.95. The molecule has 1 aromatic heterocycles. The highest BCUT2D eigenvalue weighted by atomic mass is 32.2. The van der Waals surface area contributed by atoms with E-state index in [-0.39, 0.29) is 5.82 Å². The van der Waals surface area contributed by atoms with Crippen molar-refractivity contribution in [2.24, 2.45) is 0 Å². The van der Waals surface area contributed by atoms with Crippen molar-refractivity contribution in [2.75, 3.05) is 31.1 Å². The molecule has 0 saturated carbocycles. The van der Waals surface area contributed by atoms with E-state index in [1.165, 1.54) is 28.2 Å². The molecule has 1 aliphatic heterocycles. The predicted octanol–water partition coefficient (Wildman–Crippen LogP) is 3.71. The van der Waals surface area contributed by atoms with Crippen LogP contribution in [-0.2, 0) is 10.0 Å². The molecule has 0 unspecified atom stereocenters. The maximum Gasteiger partial charge on any atom is 0.236 e. The number of halogens is 1. The maximum atomic E-state index is 13.2. The Morgan fingerprint density at radius 3 is 2.29 bits per heavy atom. The van der Waals surface area contributed by atoms with Crippen molar-refractivity contribution in [1.82, 2.24) is 14.3 Å². The first-order valence-electron chi connectivity index (χ1n) is 9.98. The third kappa shape index (κ3) is 5.15. The lowest BCUT2D eigenvalue weighted by Gasteiger charge is -2.34. The fourth-order valence-corrected chi connectivity index (χ4v) is 4.57. The Kier molecular flexibility index (Phi) is 6.11. The van der Waals surface area contributed by atoms with Gasteiger partial charge in [-0.25, -0.2) is 22.8 Å². The predicted molar refractivity (Wildman–Crippen MR) is 120 cm³/mol. The van der Waals surface area contributed by atoms with E-state index in [2.05, 4.69) is 9.97 Å². The zero-order valence-electron chi connectivity index (χ0n) is 17.1. The molecule has 0 radical (unpaired) electrons. The topological polar surface area (TPSA) is 66.4 Å². The SMILES string of the molecule is Cc1ccc(/C=C/S(=O)(=O)N2CCN(c3cc(-c4ccc(F)cc4)ncn3)CC2)cc1. The molecule has 160 valence electrons. The van der Waals surface area contributed by atoms with Gasteiger partial charge in [-0.05, 0) is 42.8 Å². The quantitative estimate of drug-likeness (QED) is 0.608. The van der Waals surface area contributed by atoms with Crippen molar-refractivity contribution in [3.63, 3.8) is 0 Å². The summed E-state index contributed by atoms with van der Waals surface area (Å²) in [6.07, 6.45) is 3.10. The normalized spacial score (nSPS) is 15.5. The van der Waals surface area contributed by atoms with Crippen LogP contribution in [0.2, 0.25) is 0 Å². The van der Waals surface area contributed by atoms with Crippen molar-refractivity contribution in [3.05, 3.63) is 83.3 Å². The molecule has 3 aromatic rings. The van der Waals surface area contributed by atoms with Gasteiger partial charge in [0.15, 0.2) is 0 Å². The van der Waals surface area contributed by atoms with Crippen LogP contribution < -0.4 is 4.90 Å². The van der Waals surface area contributed by atoms with Gasteiger partial charge in [-0.1, -0.05) is 29.8 Å². The molecule has 2 aromatic carbocycles. The van der Waals surface area contributed by atoms with Gasteiger partial charge in [-0.15, -0.1) is 0 Å². The number of hydrogen-bond acceptors (Lipinski definition) is 5. The molecule has 1 fully saturated rings. The second-order valence-electron chi connectivity index (χ2n) is 7.41. The number of nitrogens with zero attached hydrogens (tertiary/aromatic N) is 4. The highest BCUT2D eigenvalue weighted by Crippen LogP contribution is 2.22. The lowest BCUT2D eigenvalue weighted by molar-refractivity contribution is 0.389. The van der Waals surface area contributed by atoms with Crippen molar-refractivity contribution >= 4 is 21.9 Å². The summed E-state index contributed by atoms with van der Waals surface area (Å²) in [5, 5.41) is 1.27. The van der Waals surface area contributed by atoms with Crippen molar-refractivity contribution in [2.45, 2.75) is 6.92 Å². The maximum absolute atomic E-state index is 13.2. The monoisotopic (exact) mass is 438 g/mol. The van der Waals surface area contributed by atoms with E-state index in [1.54, 1.807) is 18.2 Å². The Labute approximate surface area is 181 Å². The van der Waals surface area contributed by atoms with E-state index >= 15 is 0 Å². The van der Waals surface area contributed by atoms with Crippen LogP contribution in [0.5, 0.6) is 0 Å². The van der Waals surface area contributed by atoms with Crippen LogP contribution in [0, 0.1) is 12.7 Å². The van der Waals surface area contributed by atoms with Gasteiger partial charge in [-0.3, -0.25) is 0 Å². The third-order valence-electron chi connectivity index (χ3n) is 5.22. The summed E-state index contributed by atoms with van der Waals surface area (Å²) in [7, 11) is -3.49. The highest BCUT2D eigenvalue weighted by Gasteiger charge is 2.25. The number of sulfonamides is 1. The van der Waals surface area contributed by atoms with E-state index in [9.17, 15) is 12.8 Å². The second-order valence-corrected chi connectivity index (χ2v) is 9.23. The number of anilines is 1. The largest absolute Gasteiger partial charge is 0.354 e. The number of hydrogen-bond donors (Lipinski definition) is 0. The molecular formula is C23H23FN4O2S. The van der Waals surface area contributed by atoms with Crippen molar-refractivity contribution in [3.8, 4) is 11.3 Å². The van der Waals surface area contributed by atoms with E-state index in [0.29, 0.717) is 31.9 Å². The smallest absolute Gasteiger partial charge is 0.236 e. The molecular weight excluding hydrogens is 415 g/mol. The Morgan fingerprint density at radius 2 is 1.61 bits per heavy atom. The zero-order chi connectivity index (χ0) is 21.8. The third-order valence-corrected chi connectivity index (χ3v) is 6.79. The highest BCUT2D eigenvalue weighted by molar-refractivity contribution is 7.92. The van der Waals surface area contributed by atoms with Crippen LogP contribution in [0.25, 0.3) is 17.3 Å². The number of benzene rings is 2. The molecule has 0 atom stereocenters. The Hall–Kier alpha value is -3.10. The minimum atomic E-state index is -3.49. The molecule has 1 saturated heterocycles. The standard InChI is InChI=1S/C23H23FN4O2S/c1-18-2-4-19(5-3-18)10-15-31(29,30)28-13-11-27(12-14-28)23-16-22(25-17-26-23)20-6-8-21(24)9-7-20/h2-10,15-17H,11-14H2,1H3/b15-10+. The van der Waals surface area contributed by atoms with Gasteiger partial charge in [-0.2, -0.15) is 4.31 Å². The van der Waals surface area contributed by atoms with Gasteiger partial charge >= 0.3 is 0 Å². The lowest BCUT2D eigenvalue weighted by atomic mass is 10.1. The fourth-order valence-electron chi connectivity index (χ4n) is 3.40. The number of piperazine rings is 1. The van der Waals surface area contributed by atoms with Crippen LogP contribution >= 0.6 is 0 Å². The molecule has 0 amide bonds. The Bertz CT molecular complexity index is 1170. The van der Waals surface area contributed by atoms with Gasteiger partial charge in [0.25, 0.3) is 0 Å². The summed E-state index contributed by atoms with van der Waals surface area (Å²) in [6.45, 7) is 3.78. The van der Waals surface area contributed by atoms with Crippen LogP contribution in [0.4, 0.5) is 10.2 Å². The minimum absolute atomic E-state index is 0.299. The summed E-state index contributed by atoms with van der Waals surface area (Å²) < 4.78 is 40.1. The minimum Gasteiger partial charge on any atom is -0.354 e. The Morgan fingerprint density at radius 1 is 0.935 bits per heavy atom. The number of aromatic nitrogens is 2. The van der Waals surface area contributed by atoms with Crippen molar-refractivity contribution in [1.29, 1.82) is 0 Å². The first-order valence-corrected chi connectivity index (χ1v) is 11.5. The molecule has 8 heteroatoms. The van der Waals surface area contributed by atoms with Gasteiger partial charge < -0.3 is 4.90 Å².